The van der Waals surface area contributed by atoms with Crippen molar-refractivity contribution in [3.8, 4) is 22.9 Å². The molecule has 0 saturated carbocycles. The van der Waals surface area contributed by atoms with Crippen LogP contribution in [0.2, 0.25) is 0 Å². The van der Waals surface area contributed by atoms with E-state index in [1.807, 2.05) is 36.4 Å². The van der Waals surface area contributed by atoms with Crippen molar-refractivity contribution in [3.05, 3.63) is 45.3 Å². The highest BCUT2D eigenvalue weighted by molar-refractivity contribution is 9.10. The molecule has 4 rings (SSSR count). The van der Waals surface area contributed by atoms with E-state index < -0.39 is 0 Å². The summed E-state index contributed by atoms with van der Waals surface area (Å²) in [5.41, 5.74) is 2.53. The lowest BCUT2D eigenvalue weighted by molar-refractivity contribution is 0.475. The zero-order chi connectivity index (χ0) is 15.4. The molecule has 6 heteroatoms. The molecule has 2 heterocycles. The van der Waals surface area contributed by atoms with Crippen LogP contribution in [0.4, 0.5) is 0 Å². The third kappa shape index (κ3) is 1.94. The van der Waals surface area contributed by atoms with E-state index in [4.69, 9.17) is 0 Å². The van der Waals surface area contributed by atoms with Gasteiger partial charge in [0, 0.05) is 19.7 Å². The van der Waals surface area contributed by atoms with Crippen LogP contribution in [0.15, 0.2) is 45.3 Å². The molecule has 4 aromatic rings. The molecule has 0 bridgehead atoms. The molecule has 110 valence electrons. The number of halogens is 2. The van der Waals surface area contributed by atoms with Gasteiger partial charge < -0.3 is 20.2 Å². The lowest BCUT2D eigenvalue weighted by Gasteiger charge is -1.97. The predicted molar refractivity (Wildman–Crippen MR) is 94.3 cm³/mol. The van der Waals surface area contributed by atoms with Crippen LogP contribution in [0.25, 0.3) is 33.2 Å². The Labute approximate surface area is 142 Å². The Morgan fingerprint density at radius 2 is 1.09 bits per heavy atom. The summed E-state index contributed by atoms with van der Waals surface area (Å²) in [6.45, 7) is 0. The predicted octanol–water partition coefficient (Wildman–Crippen LogP) is 5.25. The highest BCUT2D eigenvalue weighted by Crippen LogP contribution is 2.43. The average Bonchev–Trinajstić information content (AvgIpc) is 2.96. The summed E-state index contributed by atoms with van der Waals surface area (Å²) in [6, 6.07) is 11.1. The number of rotatable bonds is 1. The second kappa shape index (κ2) is 4.79. The van der Waals surface area contributed by atoms with Gasteiger partial charge in [-0.25, -0.2) is 0 Å². The number of hydrogen-bond donors (Lipinski definition) is 4. The Bertz CT molecular complexity index is 950. The first-order valence-electron chi connectivity index (χ1n) is 6.55. The molecule has 0 aliphatic heterocycles. The van der Waals surface area contributed by atoms with E-state index in [-0.39, 0.29) is 11.5 Å². The first kappa shape index (κ1) is 13.7. The highest BCUT2D eigenvalue weighted by atomic mass is 79.9. The molecule has 4 N–H and O–H groups in total. The number of benzene rings is 2. The number of fused-ring (bicyclic) bond motifs is 2. The third-order valence-electron chi connectivity index (χ3n) is 3.72. The molecule has 0 amide bonds. The molecular formula is C16H10Br2N2O2. The Morgan fingerprint density at radius 3 is 1.50 bits per heavy atom. The summed E-state index contributed by atoms with van der Waals surface area (Å²) in [5.74, 6) is 0.229. The van der Waals surface area contributed by atoms with Crippen molar-refractivity contribution >= 4 is 53.7 Å². The van der Waals surface area contributed by atoms with Gasteiger partial charge in [0.1, 0.15) is 11.4 Å². The number of aromatic hydroxyl groups is 2. The largest absolute Gasteiger partial charge is 0.505 e. The zero-order valence-electron chi connectivity index (χ0n) is 11.1. The molecule has 0 fully saturated rings. The molecule has 0 aliphatic carbocycles. The Hall–Kier alpha value is -1.92. The minimum absolute atomic E-state index is 0.114. The Kier molecular flexibility index (Phi) is 2.99. The lowest BCUT2D eigenvalue weighted by Crippen LogP contribution is -1.78. The number of hydrogen-bond acceptors (Lipinski definition) is 2. The molecule has 2 aromatic carbocycles. The first-order chi connectivity index (χ1) is 10.5. The van der Waals surface area contributed by atoms with Gasteiger partial charge >= 0.3 is 0 Å². The summed E-state index contributed by atoms with van der Waals surface area (Å²) >= 11 is 6.82. The fourth-order valence-corrected chi connectivity index (χ4v) is 3.39. The zero-order valence-corrected chi connectivity index (χ0v) is 14.3. The summed E-state index contributed by atoms with van der Waals surface area (Å²) < 4.78 is 1.83. The third-order valence-corrected chi connectivity index (χ3v) is 4.70. The van der Waals surface area contributed by atoms with Crippen molar-refractivity contribution in [2.45, 2.75) is 0 Å². The lowest BCUT2D eigenvalue weighted by atomic mass is 10.2. The van der Waals surface area contributed by atoms with Gasteiger partial charge in [0.2, 0.25) is 0 Å². The van der Waals surface area contributed by atoms with Gasteiger partial charge in [-0.3, -0.25) is 0 Å². The van der Waals surface area contributed by atoms with E-state index in [0.29, 0.717) is 22.2 Å². The molecule has 0 radical (unpaired) electrons. The maximum atomic E-state index is 10.5. The van der Waals surface area contributed by atoms with E-state index in [1.165, 1.54) is 0 Å². The molecule has 0 unspecified atom stereocenters. The van der Waals surface area contributed by atoms with Gasteiger partial charge in [0.15, 0.2) is 11.5 Å². The quantitative estimate of drug-likeness (QED) is 0.338. The molecular weight excluding hydrogens is 412 g/mol. The van der Waals surface area contributed by atoms with E-state index >= 15 is 0 Å². The highest BCUT2D eigenvalue weighted by Gasteiger charge is 2.19. The molecule has 0 aliphatic rings. The van der Waals surface area contributed by atoms with Crippen LogP contribution in [-0.4, -0.2) is 20.2 Å². The van der Waals surface area contributed by atoms with Crippen molar-refractivity contribution in [3.63, 3.8) is 0 Å². The van der Waals surface area contributed by atoms with E-state index in [0.717, 1.165) is 20.0 Å². The van der Waals surface area contributed by atoms with Crippen molar-refractivity contribution in [2.75, 3.05) is 0 Å². The fraction of sp³-hybridized carbons (Fsp3) is 0. The standard InChI is InChI=1S/C16H10Br2N2O2/c17-7-1-3-9-11(5-7)19-13(15(9)21)14-16(22)10-4-2-8(18)6-12(10)20-14/h1-6,19-22H. The van der Waals surface area contributed by atoms with E-state index in [9.17, 15) is 10.2 Å². The minimum Gasteiger partial charge on any atom is -0.505 e. The van der Waals surface area contributed by atoms with Gasteiger partial charge in [0.05, 0.1) is 11.0 Å². The van der Waals surface area contributed by atoms with Gasteiger partial charge in [-0.2, -0.15) is 0 Å². The van der Waals surface area contributed by atoms with Crippen molar-refractivity contribution in [2.24, 2.45) is 0 Å². The van der Waals surface area contributed by atoms with Crippen LogP contribution in [0.3, 0.4) is 0 Å². The molecule has 22 heavy (non-hydrogen) atoms. The molecule has 0 atom stereocenters. The summed E-state index contributed by atoms with van der Waals surface area (Å²) in [7, 11) is 0. The van der Waals surface area contributed by atoms with Crippen molar-refractivity contribution in [1.29, 1.82) is 0 Å². The van der Waals surface area contributed by atoms with Gasteiger partial charge in [-0.05, 0) is 36.4 Å². The Morgan fingerprint density at radius 1 is 0.682 bits per heavy atom. The topological polar surface area (TPSA) is 72.0 Å². The number of nitrogens with one attached hydrogen (secondary N) is 2. The maximum absolute atomic E-state index is 10.5. The molecule has 0 saturated heterocycles. The Balaban J connectivity index is 2.02. The normalized spacial score (nSPS) is 11.5. The summed E-state index contributed by atoms with van der Waals surface area (Å²) in [6.07, 6.45) is 0. The molecule has 4 nitrogen and oxygen atoms in total. The van der Waals surface area contributed by atoms with Gasteiger partial charge in [-0.15, -0.1) is 0 Å². The van der Waals surface area contributed by atoms with Crippen LogP contribution in [0.1, 0.15) is 0 Å². The first-order valence-corrected chi connectivity index (χ1v) is 8.14. The SMILES string of the molecule is Oc1c(-c2[nH]c3cc(Br)ccc3c2O)[nH]c2cc(Br)ccc12. The maximum Gasteiger partial charge on any atom is 0.150 e. The molecule has 0 spiro atoms. The van der Waals surface area contributed by atoms with Gasteiger partial charge in [0.25, 0.3) is 0 Å². The summed E-state index contributed by atoms with van der Waals surface area (Å²) in [4.78, 5) is 6.31. The van der Waals surface area contributed by atoms with Crippen LogP contribution in [0, 0.1) is 0 Å². The number of aromatic amines is 2. The van der Waals surface area contributed by atoms with E-state index in [2.05, 4.69) is 41.8 Å². The van der Waals surface area contributed by atoms with Crippen LogP contribution in [-0.2, 0) is 0 Å². The fourth-order valence-electron chi connectivity index (χ4n) is 2.67. The average molecular weight is 422 g/mol. The van der Waals surface area contributed by atoms with Crippen LogP contribution < -0.4 is 0 Å². The van der Waals surface area contributed by atoms with Gasteiger partial charge in [-0.1, -0.05) is 31.9 Å². The van der Waals surface area contributed by atoms with E-state index in [1.54, 1.807) is 0 Å². The number of H-pyrrole nitrogens is 2. The number of aromatic nitrogens is 2. The second-order valence-electron chi connectivity index (χ2n) is 5.08. The van der Waals surface area contributed by atoms with Crippen molar-refractivity contribution in [1.82, 2.24) is 9.97 Å². The van der Waals surface area contributed by atoms with Crippen LogP contribution in [0.5, 0.6) is 11.5 Å². The minimum atomic E-state index is 0.114. The van der Waals surface area contributed by atoms with Crippen LogP contribution >= 0.6 is 31.9 Å². The molecule has 2 aromatic heterocycles. The monoisotopic (exact) mass is 420 g/mol. The second-order valence-corrected chi connectivity index (χ2v) is 6.91. The van der Waals surface area contributed by atoms with Crippen molar-refractivity contribution < 1.29 is 10.2 Å². The smallest absolute Gasteiger partial charge is 0.150 e. The summed E-state index contributed by atoms with van der Waals surface area (Å²) in [5, 5.41) is 22.3.